The van der Waals surface area contributed by atoms with E-state index in [1.807, 2.05) is 13.8 Å². The molecule has 14 heavy (non-hydrogen) atoms. The maximum Gasteiger partial charge on any atom is 0.226 e. The summed E-state index contributed by atoms with van der Waals surface area (Å²) in [7, 11) is 0. The van der Waals surface area contributed by atoms with E-state index in [4.69, 9.17) is 11.6 Å². The third-order valence-corrected chi connectivity index (χ3v) is 3.66. The molecule has 4 atom stereocenters. The van der Waals surface area contributed by atoms with E-state index in [0.717, 1.165) is 0 Å². The van der Waals surface area contributed by atoms with Crippen molar-refractivity contribution in [2.45, 2.75) is 32.9 Å². The third-order valence-electron chi connectivity index (χ3n) is 3.30. The van der Waals surface area contributed by atoms with Crippen LogP contribution in [0.1, 0.15) is 20.8 Å². The van der Waals surface area contributed by atoms with E-state index in [1.165, 1.54) is 0 Å². The van der Waals surface area contributed by atoms with Crippen molar-refractivity contribution in [1.82, 2.24) is 4.90 Å². The summed E-state index contributed by atoms with van der Waals surface area (Å²) < 4.78 is 0. The van der Waals surface area contributed by atoms with E-state index in [9.17, 15) is 9.90 Å². The zero-order valence-electron chi connectivity index (χ0n) is 8.90. The zero-order chi connectivity index (χ0) is 10.9. The van der Waals surface area contributed by atoms with Gasteiger partial charge in [0.25, 0.3) is 0 Å². The van der Waals surface area contributed by atoms with Gasteiger partial charge in [-0.15, -0.1) is 11.6 Å². The summed E-state index contributed by atoms with van der Waals surface area (Å²) >= 11 is 5.51. The van der Waals surface area contributed by atoms with Crippen LogP contribution in [0.2, 0.25) is 0 Å². The van der Waals surface area contributed by atoms with Crippen molar-refractivity contribution in [3.05, 3.63) is 0 Å². The highest BCUT2D eigenvalue weighted by atomic mass is 35.5. The SMILES string of the molecule is CC1C(=O)N(CC(O)CCl)C(C)C1C. The fourth-order valence-electron chi connectivity index (χ4n) is 1.92. The average Bonchev–Trinajstić information content (AvgIpc) is 2.35. The molecule has 0 bridgehead atoms. The van der Waals surface area contributed by atoms with Crippen molar-refractivity contribution in [3.63, 3.8) is 0 Å². The number of rotatable bonds is 3. The highest BCUT2D eigenvalue weighted by Gasteiger charge is 2.40. The van der Waals surface area contributed by atoms with Gasteiger partial charge in [0.2, 0.25) is 5.91 Å². The molecule has 0 aromatic heterocycles. The van der Waals surface area contributed by atoms with Gasteiger partial charge in [-0.2, -0.15) is 0 Å². The summed E-state index contributed by atoms with van der Waals surface area (Å²) in [6.07, 6.45) is -0.611. The number of carbonyl (C=O) groups is 1. The first kappa shape index (κ1) is 11.8. The van der Waals surface area contributed by atoms with Gasteiger partial charge >= 0.3 is 0 Å². The highest BCUT2D eigenvalue weighted by Crippen LogP contribution is 2.30. The summed E-state index contributed by atoms with van der Waals surface area (Å²) in [4.78, 5) is 13.5. The second-order valence-corrected chi connectivity index (χ2v) is 4.50. The fourth-order valence-corrected chi connectivity index (χ4v) is 2.02. The van der Waals surface area contributed by atoms with Gasteiger partial charge in [-0.25, -0.2) is 0 Å². The number of halogens is 1. The van der Waals surface area contributed by atoms with Crippen LogP contribution in [0, 0.1) is 11.8 Å². The number of amides is 1. The molecule has 1 rings (SSSR count). The Labute approximate surface area is 90.0 Å². The molecule has 4 unspecified atom stereocenters. The molecule has 0 radical (unpaired) electrons. The number of alkyl halides is 1. The van der Waals surface area contributed by atoms with Crippen LogP contribution in [-0.4, -0.2) is 40.5 Å². The molecule has 3 nitrogen and oxygen atoms in total. The minimum atomic E-state index is -0.611. The van der Waals surface area contributed by atoms with Crippen molar-refractivity contribution in [3.8, 4) is 0 Å². The standard InChI is InChI=1S/C10H18ClNO2/c1-6-7(2)10(14)12(8(6)3)5-9(13)4-11/h6-9,13H,4-5H2,1-3H3. The molecule has 0 aromatic carbocycles. The molecule has 1 aliphatic heterocycles. The lowest BCUT2D eigenvalue weighted by atomic mass is 9.95. The summed E-state index contributed by atoms with van der Waals surface area (Å²) in [6, 6.07) is 0.204. The molecule has 1 saturated heterocycles. The summed E-state index contributed by atoms with van der Waals surface area (Å²) in [6.45, 7) is 6.39. The molecule has 1 heterocycles. The van der Waals surface area contributed by atoms with Gasteiger partial charge in [0, 0.05) is 18.5 Å². The highest BCUT2D eigenvalue weighted by molar-refractivity contribution is 6.18. The second kappa shape index (κ2) is 4.49. The number of carbonyl (C=O) groups excluding carboxylic acids is 1. The van der Waals surface area contributed by atoms with Crippen LogP contribution in [0.5, 0.6) is 0 Å². The largest absolute Gasteiger partial charge is 0.390 e. The summed E-state index contributed by atoms with van der Waals surface area (Å²) in [5.41, 5.74) is 0. The molecular formula is C10H18ClNO2. The molecule has 1 amide bonds. The number of aliphatic hydroxyl groups is 1. The van der Waals surface area contributed by atoms with E-state index in [2.05, 4.69) is 6.92 Å². The molecule has 1 N–H and O–H groups in total. The van der Waals surface area contributed by atoms with E-state index in [-0.39, 0.29) is 23.7 Å². The first-order valence-corrected chi connectivity index (χ1v) is 5.57. The predicted molar refractivity (Wildman–Crippen MR) is 56.2 cm³/mol. The minimum absolute atomic E-state index is 0.0625. The third kappa shape index (κ3) is 2.04. The maximum atomic E-state index is 11.7. The van der Waals surface area contributed by atoms with Crippen LogP contribution in [0.25, 0.3) is 0 Å². The molecule has 0 saturated carbocycles. The molecule has 1 fully saturated rings. The molecule has 82 valence electrons. The van der Waals surface area contributed by atoms with Gasteiger partial charge in [-0.1, -0.05) is 13.8 Å². The van der Waals surface area contributed by atoms with Crippen molar-refractivity contribution in [2.24, 2.45) is 11.8 Å². The normalized spacial score (nSPS) is 35.1. The average molecular weight is 220 g/mol. The van der Waals surface area contributed by atoms with Gasteiger partial charge < -0.3 is 10.0 Å². The van der Waals surface area contributed by atoms with Crippen molar-refractivity contribution in [1.29, 1.82) is 0 Å². The van der Waals surface area contributed by atoms with E-state index in [1.54, 1.807) is 4.90 Å². The molecule has 0 aliphatic carbocycles. The fraction of sp³-hybridized carbons (Fsp3) is 0.900. The van der Waals surface area contributed by atoms with Crippen LogP contribution in [-0.2, 0) is 4.79 Å². The van der Waals surface area contributed by atoms with E-state index < -0.39 is 6.10 Å². The molecule has 0 spiro atoms. The monoisotopic (exact) mass is 219 g/mol. The molecule has 1 aliphatic rings. The van der Waals surface area contributed by atoms with Gasteiger partial charge in [0.1, 0.15) is 0 Å². The number of aliphatic hydroxyl groups excluding tert-OH is 1. The summed E-state index contributed by atoms with van der Waals surface area (Å²) in [5, 5.41) is 9.40. The number of hydrogen-bond acceptors (Lipinski definition) is 2. The summed E-state index contributed by atoms with van der Waals surface area (Å²) in [5.74, 6) is 0.728. The topological polar surface area (TPSA) is 40.5 Å². The Balaban J connectivity index is 2.65. The van der Waals surface area contributed by atoms with E-state index in [0.29, 0.717) is 12.5 Å². The van der Waals surface area contributed by atoms with Crippen molar-refractivity contribution >= 4 is 17.5 Å². The Kier molecular flexibility index (Phi) is 3.78. The Hall–Kier alpha value is -0.280. The molecule has 4 heteroatoms. The predicted octanol–water partition coefficient (Wildman–Crippen LogP) is 1.09. The van der Waals surface area contributed by atoms with Crippen molar-refractivity contribution in [2.75, 3.05) is 12.4 Å². The molecular weight excluding hydrogens is 202 g/mol. The van der Waals surface area contributed by atoms with Gasteiger partial charge in [0.15, 0.2) is 0 Å². The lowest BCUT2D eigenvalue weighted by molar-refractivity contribution is -0.132. The minimum Gasteiger partial charge on any atom is -0.390 e. The zero-order valence-corrected chi connectivity index (χ0v) is 9.66. The Morgan fingerprint density at radius 3 is 2.43 bits per heavy atom. The first-order chi connectivity index (χ1) is 6.49. The lowest BCUT2D eigenvalue weighted by Crippen LogP contribution is -2.39. The quantitative estimate of drug-likeness (QED) is 0.722. The van der Waals surface area contributed by atoms with Crippen LogP contribution in [0.4, 0.5) is 0 Å². The lowest BCUT2D eigenvalue weighted by Gasteiger charge is -2.25. The van der Waals surface area contributed by atoms with Crippen LogP contribution in [0.3, 0.4) is 0 Å². The van der Waals surface area contributed by atoms with Crippen molar-refractivity contribution < 1.29 is 9.90 Å². The number of β-amino-alcohol motifs (C(OH)–C–C–N with tert-alkyl or cyclic N) is 1. The van der Waals surface area contributed by atoms with Gasteiger partial charge in [-0.3, -0.25) is 4.79 Å². The van der Waals surface area contributed by atoms with Crippen LogP contribution >= 0.6 is 11.6 Å². The van der Waals surface area contributed by atoms with Gasteiger partial charge in [0.05, 0.1) is 12.0 Å². The second-order valence-electron chi connectivity index (χ2n) is 4.19. The Bertz CT molecular complexity index is 222. The number of hydrogen-bond donors (Lipinski definition) is 1. The Morgan fingerprint density at radius 1 is 1.50 bits per heavy atom. The molecule has 0 aromatic rings. The number of nitrogens with zero attached hydrogens (tertiary/aromatic N) is 1. The van der Waals surface area contributed by atoms with Crippen LogP contribution in [0.15, 0.2) is 0 Å². The first-order valence-electron chi connectivity index (χ1n) is 5.03. The smallest absolute Gasteiger partial charge is 0.226 e. The van der Waals surface area contributed by atoms with E-state index >= 15 is 0 Å². The van der Waals surface area contributed by atoms with Gasteiger partial charge in [-0.05, 0) is 12.8 Å². The van der Waals surface area contributed by atoms with Crippen LogP contribution < -0.4 is 0 Å². The number of likely N-dealkylation sites (tertiary alicyclic amines) is 1. The maximum absolute atomic E-state index is 11.7. The Morgan fingerprint density at radius 2 is 2.07 bits per heavy atom.